The molecule has 0 saturated carbocycles. The summed E-state index contributed by atoms with van der Waals surface area (Å²) < 4.78 is 7.82. The van der Waals surface area contributed by atoms with Crippen LogP contribution < -0.4 is 0 Å². The normalized spacial score (nSPS) is 12.2. The third-order valence-corrected chi connectivity index (χ3v) is 16.7. The fourth-order valence-electron chi connectivity index (χ4n) is 13.3. The van der Waals surface area contributed by atoms with Crippen LogP contribution in [0.4, 0.5) is 0 Å². The van der Waals surface area contributed by atoms with Crippen LogP contribution in [0, 0.1) is 0 Å². The minimum absolute atomic E-state index is 1.18. The van der Waals surface area contributed by atoms with Gasteiger partial charge in [0.2, 0.25) is 0 Å². The molecule has 0 radical (unpaired) electrons. The molecular formula is C74H45N3. The maximum atomic E-state index is 2.61. The van der Waals surface area contributed by atoms with Gasteiger partial charge in [-0.15, -0.1) is 0 Å². The number of benzene rings is 13. The lowest BCUT2D eigenvalue weighted by Crippen LogP contribution is -1.99. The van der Waals surface area contributed by atoms with Gasteiger partial charge in [-0.05, 0) is 91.7 Å². The summed E-state index contributed by atoms with van der Waals surface area (Å²) in [6.07, 6.45) is 0. The Kier molecular flexibility index (Phi) is 8.84. The molecule has 0 aliphatic carbocycles. The maximum absolute atomic E-state index is 2.61. The Morgan fingerprint density at radius 3 is 0.831 bits per heavy atom. The predicted octanol–water partition coefficient (Wildman–Crippen LogP) is 20.0. The molecule has 0 saturated heterocycles. The standard InChI is InChI=1S/C74H45N3/c1-5-18-46(19-6-1)50-32-36-58-59-37-33-51(47-20-7-2-8-21-47)41-65(59)75(64(58)40-50)73-56-28-15-13-26-54(56)44-68-70(73)62-30-17-31-63-71-69(77(68)72(62)63)45-55-27-14-16-29-57(55)74(71)76-66-42-52(48-22-9-3-10-23-48)34-38-60(66)61-39-35-53(43-67(61)76)49-24-11-4-12-25-49/h1-45H. The first-order chi connectivity index (χ1) is 38.2. The van der Waals surface area contributed by atoms with Crippen LogP contribution in [0.25, 0.3) is 159 Å². The van der Waals surface area contributed by atoms with E-state index < -0.39 is 0 Å². The lowest BCUT2D eigenvalue weighted by atomic mass is 9.99. The Balaban J connectivity index is 1.04. The molecule has 13 aromatic carbocycles. The lowest BCUT2D eigenvalue weighted by Gasteiger charge is -2.17. The maximum Gasteiger partial charge on any atom is 0.0640 e. The van der Waals surface area contributed by atoms with Gasteiger partial charge in [-0.3, -0.25) is 0 Å². The molecule has 17 aromatic rings. The van der Waals surface area contributed by atoms with E-state index in [1.807, 2.05) is 0 Å². The van der Waals surface area contributed by atoms with Crippen LogP contribution in [0.5, 0.6) is 0 Å². The highest BCUT2D eigenvalue weighted by molar-refractivity contribution is 6.32. The zero-order valence-electron chi connectivity index (χ0n) is 41.8. The molecule has 0 spiro atoms. The van der Waals surface area contributed by atoms with E-state index >= 15 is 0 Å². The topological polar surface area (TPSA) is 14.3 Å². The summed E-state index contributed by atoms with van der Waals surface area (Å²) in [6, 6.07) is 102. The molecule has 0 amide bonds. The van der Waals surface area contributed by atoms with E-state index in [-0.39, 0.29) is 0 Å². The van der Waals surface area contributed by atoms with Crippen LogP contribution >= 0.6 is 0 Å². The summed E-state index contributed by atoms with van der Waals surface area (Å²) in [6.45, 7) is 0. The first-order valence-electron chi connectivity index (χ1n) is 26.7. The van der Waals surface area contributed by atoms with Crippen molar-refractivity contribution in [3.63, 3.8) is 0 Å². The second-order valence-electron chi connectivity index (χ2n) is 20.8. The predicted molar refractivity (Wildman–Crippen MR) is 327 cm³/mol. The fraction of sp³-hybridized carbons (Fsp3) is 0. The van der Waals surface area contributed by atoms with Crippen molar-refractivity contribution in [2.24, 2.45) is 0 Å². The van der Waals surface area contributed by atoms with E-state index in [9.17, 15) is 0 Å². The minimum Gasteiger partial charge on any atom is -0.308 e. The van der Waals surface area contributed by atoms with E-state index in [1.165, 1.54) is 159 Å². The van der Waals surface area contributed by atoms with Gasteiger partial charge in [-0.1, -0.05) is 237 Å². The van der Waals surface area contributed by atoms with Gasteiger partial charge >= 0.3 is 0 Å². The second kappa shape index (κ2) is 16.1. The number of hydrogen-bond acceptors (Lipinski definition) is 0. The van der Waals surface area contributed by atoms with Crippen molar-refractivity contribution in [1.29, 1.82) is 0 Å². The average molecular weight is 976 g/mol. The van der Waals surface area contributed by atoms with Crippen molar-refractivity contribution in [3.05, 3.63) is 273 Å². The van der Waals surface area contributed by atoms with Gasteiger partial charge in [0.1, 0.15) is 0 Å². The molecule has 3 nitrogen and oxygen atoms in total. The Bertz CT molecular complexity index is 4720. The van der Waals surface area contributed by atoms with E-state index in [2.05, 4.69) is 287 Å². The van der Waals surface area contributed by atoms with Crippen molar-refractivity contribution in [3.8, 4) is 55.9 Å². The third-order valence-electron chi connectivity index (χ3n) is 16.7. The first-order valence-corrected chi connectivity index (χ1v) is 26.7. The molecule has 0 atom stereocenters. The fourth-order valence-corrected chi connectivity index (χ4v) is 13.3. The zero-order valence-corrected chi connectivity index (χ0v) is 41.8. The summed E-state index contributed by atoms with van der Waals surface area (Å²) in [5.41, 5.74) is 20.3. The molecule has 4 heterocycles. The molecule has 17 rings (SSSR count). The van der Waals surface area contributed by atoms with E-state index in [0.29, 0.717) is 0 Å². The average Bonchev–Trinajstić information content (AvgIpc) is 4.43. The number of nitrogens with zero attached hydrogens (tertiary/aromatic N) is 3. The summed E-state index contributed by atoms with van der Waals surface area (Å²) in [4.78, 5) is 0. The summed E-state index contributed by atoms with van der Waals surface area (Å²) in [7, 11) is 0. The zero-order chi connectivity index (χ0) is 50.3. The molecule has 0 bridgehead atoms. The Hall–Kier alpha value is -10.2. The minimum atomic E-state index is 1.18. The van der Waals surface area contributed by atoms with Gasteiger partial charge in [0, 0.05) is 53.9 Å². The number of rotatable bonds is 6. The van der Waals surface area contributed by atoms with E-state index in [1.54, 1.807) is 0 Å². The van der Waals surface area contributed by atoms with Crippen molar-refractivity contribution in [1.82, 2.24) is 13.5 Å². The van der Waals surface area contributed by atoms with Gasteiger partial charge < -0.3 is 13.5 Å². The molecule has 0 fully saturated rings. The van der Waals surface area contributed by atoms with Crippen LogP contribution in [0.3, 0.4) is 0 Å². The second-order valence-corrected chi connectivity index (χ2v) is 20.8. The third kappa shape index (κ3) is 6.08. The van der Waals surface area contributed by atoms with Crippen molar-refractivity contribution < 1.29 is 0 Å². The summed E-state index contributed by atoms with van der Waals surface area (Å²) in [5, 5.41) is 14.7. The quantitative estimate of drug-likeness (QED) is 0.158. The van der Waals surface area contributed by atoms with Crippen molar-refractivity contribution in [2.45, 2.75) is 0 Å². The van der Waals surface area contributed by atoms with Crippen molar-refractivity contribution in [2.75, 3.05) is 0 Å². The van der Waals surface area contributed by atoms with Gasteiger partial charge in [0.25, 0.3) is 0 Å². The number of para-hydroxylation sites is 1. The lowest BCUT2D eigenvalue weighted by molar-refractivity contribution is 1.21. The highest BCUT2D eigenvalue weighted by atomic mass is 15.0. The molecule has 4 aromatic heterocycles. The van der Waals surface area contributed by atoms with Gasteiger partial charge in [-0.25, -0.2) is 0 Å². The van der Waals surface area contributed by atoms with Crippen LogP contribution in [-0.2, 0) is 0 Å². The smallest absolute Gasteiger partial charge is 0.0640 e. The van der Waals surface area contributed by atoms with Gasteiger partial charge in [0.05, 0.1) is 50.0 Å². The number of hydrogen-bond donors (Lipinski definition) is 0. The molecule has 77 heavy (non-hydrogen) atoms. The molecule has 0 N–H and O–H groups in total. The van der Waals surface area contributed by atoms with E-state index in [4.69, 9.17) is 0 Å². The highest BCUT2D eigenvalue weighted by Gasteiger charge is 2.28. The SMILES string of the molecule is c1ccc(-c2ccc3c4ccc(-c5ccccc5)cc4n(-c4c5ccccc5cc5c4c4cccc6c7c(-n8c9cc(-c%10ccccc%10)ccc9c9ccc(-c%10ccccc%10)cc98)c8ccccc8cc7n5c46)c3c2)cc1. The molecule has 0 unspecified atom stereocenters. The molecule has 3 heteroatoms. The first kappa shape index (κ1) is 42.2. The Morgan fingerprint density at radius 1 is 0.195 bits per heavy atom. The van der Waals surface area contributed by atoms with Crippen LogP contribution in [0.15, 0.2) is 273 Å². The van der Waals surface area contributed by atoms with Gasteiger partial charge in [0.15, 0.2) is 0 Å². The monoisotopic (exact) mass is 975 g/mol. The molecule has 0 aliphatic rings. The van der Waals surface area contributed by atoms with Crippen LogP contribution in [-0.4, -0.2) is 13.5 Å². The molecular weight excluding hydrogens is 931 g/mol. The molecule has 0 aliphatic heterocycles. The van der Waals surface area contributed by atoms with Crippen LogP contribution in [0.1, 0.15) is 0 Å². The largest absolute Gasteiger partial charge is 0.308 e. The number of fused-ring (bicyclic) bond motifs is 14. The molecule has 356 valence electrons. The summed E-state index contributed by atoms with van der Waals surface area (Å²) >= 11 is 0. The Labute approximate surface area is 443 Å². The van der Waals surface area contributed by atoms with Crippen molar-refractivity contribution >= 4 is 103 Å². The number of aromatic nitrogens is 3. The van der Waals surface area contributed by atoms with Crippen LogP contribution in [0.2, 0.25) is 0 Å². The van der Waals surface area contributed by atoms with E-state index in [0.717, 1.165) is 0 Å². The summed E-state index contributed by atoms with van der Waals surface area (Å²) in [5.74, 6) is 0. The highest BCUT2D eigenvalue weighted by Crippen LogP contribution is 2.50. The Morgan fingerprint density at radius 2 is 0.494 bits per heavy atom. The van der Waals surface area contributed by atoms with Gasteiger partial charge in [-0.2, -0.15) is 0 Å².